The van der Waals surface area contributed by atoms with Gasteiger partial charge in [-0.3, -0.25) is 0 Å². The van der Waals surface area contributed by atoms with Crippen molar-refractivity contribution in [2.45, 2.75) is 38.6 Å². The average Bonchev–Trinajstić information content (AvgIpc) is 2.71. The van der Waals surface area contributed by atoms with Crippen LogP contribution in [0, 0.1) is 0 Å². The number of aliphatic hydroxyl groups is 1. The third-order valence-corrected chi connectivity index (χ3v) is 2.77. The summed E-state index contributed by atoms with van der Waals surface area (Å²) in [6.07, 6.45) is -0.271. The van der Waals surface area contributed by atoms with E-state index in [9.17, 15) is 5.11 Å². The van der Waals surface area contributed by atoms with Gasteiger partial charge in [0.25, 0.3) is 0 Å². The number of nitrogens with zero attached hydrogens (tertiary/aromatic N) is 1. The molecular weight excluding hydrogens is 228 g/mol. The van der Waals surface area contributed by atoms with E-state index in [2.05, 4.69) is 31.2 Å². The monoisotopic (exact) mass is 250 g/mol. The number of aliphatic hydroxyl groups excluding tert-OH is 1. The highest BCUT2D eigenvalue weighted by molar-refractivity contribution is 5.18. The van der Waals surface area contributed by atoms with Gasteiger partial charge in [0.1, 0.15) is 6.23 Å². The second kappa shape index (κ2) is 5.36. The molecule has 1 heterocycles. The van der Waals surface area contributed by atoms with Gasteiger partial charge in [0.15, 0.2) is 0 Å². The van der Waals surface area contributed by atoms with Gasteiger partial charge in [-0.25, -0.2) is 10.4 Å². The minimum Gasteiger partial charge on any atom is -0.394 e. The molecule has 18 heavy (non-hydrogen) atoms. The predicted octanol–water partition coefficient (Wildman–Crippen LogP) is 1.68. The molecule has 0 aliphatic carbocycles. The lowest BCUT2D eigenvalue weighted by Crippen LogP contribution is -2.49. The summed E-state index contributed by atoms with van der Waals surface area (Å²) in [5, 5.41) is 11.3. The number of rotatable bonds is 3. The molecule has 0 aromatic heterocycles. The molecular formula is C14H22N2O2. The van der Waals surface area contributed by atoms with Gasteiger partial charge in [0.2, 0.25) is 0 Å². The van der Waals surface area contributed by atoms with Crippen LogP contribution in [0.15, 0.2) is 30.3 Å². The summed E-state index contributed by atoms with van der Waals surface area (Å²) in [5.41, 5.74) is 4.50. The molecule has 1 fully saturated rings. The third kappa shape index (κ3) is 3.29. The Morgan fingerprint density at radius 3 is 2.56 bits per heavy atom. The molecule has 1 aliphatic heterocycles. The van der Waals surface area contributed by atoms with Crippen LogP contribution in [0.1, 0.15) is 32.6 Å². The molecule has 0 spiro atoms. The number of hydrogen-bond donors (Lipinski definition) is 2. The number of hydrogen-bond acceptors (Lipinski definition) is 4. The molecule has 1 aromatic rings. The summed E-state index contributed by atoms with van der Waals surface area (Å²) in [5.74, 6) is 0. The van der Waals surface area contributed by atoms with E-state index in [1.54, 1.807) is 0 Å². The molecule has 1 aromatic carbocycles. The van der Waals surface area contributed by atoms with E-state index in [1.807, 2.05) is 30.3 Å². The van der Waals surface area contributed by atoms with Crippen LogP contribution in [-0.2, 0) is 4.74 Å². The van der Waals surface area contributed by atoms with Gasteiger partial charge >= 0.3 is 0 Å². The van der Waals surface area contributed by atoms with Crippen molar-refractivity contribution in [3.05, 3.63) is 35.9 Å². The van der Waals surface area contributed by atoms with E-state index in [4.69, 9.17) is 4.74 Å². The molecule has 2 rings (SSSR count). The Kier molecular flexibility index (Phi) is 4.02. The van der Waals surface area contributed by atoms with Gasteiger partial charge in [-0.05, 0) is 26.3 Å². The molecule has 2 N–H and O–H groups in total. The summed E-state index contributed by atoms with van der Waals surface area (Å²) < 4.78 is 5.87. The quantitative estimate of drug-likeness (QED) is 0.857. The Morgan fingerprint density at radius 1 is 1.33 bits per heavy atom. The minimum atomic E-state index is -0.137. The maximum absolute atomic E-state index is 9.27. The van der Waals surface area contributed by atoms with Crippen LogP contribution < -0.4 is 5.43 Å². The highest BCUT2D eigenvalue weighted by Gasteiger charge is 2.35. The van der Waals surface area contributed by atoms with E-state index in [1.165, 1.54) is 0 Å². The maximum Gasteiger partial charge on any atom is 0.149 e. The lowest BCUT2D eigenvalue weighted by Gasteiger charge is -2.31. The van der Waals surface area contributed by atoms with Crippen molar-refractivity contribution in [1.29, 1.82) is 0 Å². The largest absolute Gasteiger partial charge is 0.394 e. The van der Waals surface area contributed by atoms with E-state index < -0.39 is 0 Å². The fraction of sp³-hybridized carbons (Fsp3) is 0.571. The zero-order valence-electron chi connectivity index (χ0n) is 11.3. The van der Waals surface area contributed by atoms with Crippen LogP contribution in [0.25, 0.3) is 0 Å². The van der Waals surface area contributed by atoms with E-state index in [-0.39, 0.29) is 24.5 Å². The maximum atomic E-state index is 9.27. The molecule has 4 heteroatoms. The van der Waals surface area contributed by atoms with Crippen LogP contribution in [0.5, 0.6) is 0 Å². The SMILES string of the molecule is CC(C)(C)NN1CC(CO)O[C@H]1c1ccccc1. The summed E-state index contributed by atoms with van der Waals surface area (Å²) in [6.45, 7) is 7.07. The van der Waals surface area contributed by atoms with Gasteiger partial charge in [0.05, 0.1) is 12.7 Å². The van der Waals surface area contributed by atoms with Gasteiger partial charge in [0, 0.05) is 12.1 Å². The standard InChI is InChI=1S/C14H22N2O2/c1-14(2,3)15-16-9-12(10-17)18-13(16)11-7-5-4-6-8-11/h4-8,12-13,15,17H,9-10H2,1-3H3/t12?,13-/m0/s1. The van der Waals surface area contributed by atoms with Gasteiger partial charge in [-0.2, -0.15) is 0 Å². The van der Waals surface area contributed by atoms with E-state index in [0.29, 0.717) is 6.54 Å². The smallest absolute Gasteiger partial charge is 0.149 e. The van der Waals surface area contributed by atoms with E-state index in [0.717, 1.165) is 5.56 Å². The van der Waals surface area contributed by atoms with Crippen molar-refractivity contribution in [3.8, 4) is 0 Å². The molecule has 0 amide bonds. The molecule has 1 aliphatic rings. The van der Waals surface area contributed by atoms with Crippen molar-refractivity contribution >= 4 is 0 Å². The minimum absolute atomic E-state index is 0.0270. The first-order valence-electron chi connectivity index (χ1n) is 6.35. The number of hydrazine groups is 1. The molecule has 100 valence electrons. The number of benzene rings is 1. The summed E-state index contributed by atoms with van der Waals surface area (Å²) >= 11 is 0. The van der Waals surface area contributed by atoms with Gasteiger partial charge in [-0.15, -0.1) is 0 Å². The first-order valence-corrected chi connectivity index (χ1v) is 6.35. The van der Waals surface area contributed by atoms with Crippen molar-refractivity contribution < 1.29 is 9.84 Å². The summed E-state index contributed by atoms with van der Waals surface area (Å²) in [7, 11) is 0. The molecule has 0 bridgehead atoms. The van der Waals surface area contributed by atoms with Crippen molar-refractivity contribution in [2.24, 2.45) is 0 Å². The van der Waals surface area contributed by atoms with Crippen LogP contribution in [0.2, 0.25) is 0 Å². The molecule has 2 atom stereocenters. The Bertz CT molecular complexity index is 375. The molecule has 0 saturated carbocycles. The second-order valence-corrected chi connectivity index (χ2v) is 5.72. The Morgan fingerprint density at radius 2 is 2.00 bits per heavy atom. The molecule has 4 nitrogen and oxygen atoms in total. The van der Waals surface area contributed by atoms with E-state index >= 15 is 0 Å². The van der Waals surface area contributed by atoms with Crippen LogP contribution in [-0.4, -0.2) is 34.9 Å². The molecule has 1 unspecified atom stereocenters. The topological polar surface area (TPSA) is 44.7 Å². The van der Waals surface area contributed by atoms with Crippen molar-refractivity contribution in [3.63, 3.8) is 0 Å². The number of ether oxygens (including phenoxy) is 1. The van der Waals surface area contributed by atoms with Crippen molar-refractivity contribution in [2.75, 3.05) is 13.2 Å². The second-order valence-electron chi connectivity index (χ2n) is 5.72. The fourth-order valence-electron chi connectivity index (χ4n) is 2.13. The predicted molar refractivity (Wildman–Crippen MR) is 70.7 cm³/mol. The van der Waals surface area contributed by atoms with Crippen molar-refractivity contribution in [1.82, 2.24) is 10.4 Å². The molecule has 0 radical (unpaired) electrons. The fourth-order valence-corrected chi connectivity index (χ4v) is 2.13. The van der Waals surface area contributed by atoms with Crippen LogP contribution in [0.4, 0.5) is 0 Å². The third-order valence-electron chi connectivity index (χ3n) is 2.77. The average molecular weight is 250 g/mol. The highest BCUT2D eigenvalue weighted by atomic mass is 16.5. The van der Waals surface area contributed by atoms with Crippen LogP contribution in [0.3, 0.4) is 0 Å². The Balaban J connectivity index is 2.15. The zero-order valence-corrected chi connectivity index (χ0v) is 11.3. The first-order chi connectivity index (χ1) is 8.49. The summed E-state index contributed by atoms with van der Waals surface area (Å²) in [6, 6.07) is 10.1. The van der Waals surface area contributed by atoms with Gasteiger partial charge in [-0.1, -0.05) is 30.3 Å². The lowest BCUT2D eigenvalue weighted by atomic mass is 10.1. The first kappa shape index (κ1) is 13.5. The molecule has 1 saturated heterocycles. The Labute approximate surface area is 109 Å². The van der Waals surface area contributed by atoms with Gasteiger partial charge < -0.3 is 9.84 Å². The zero-order chi connectivity index (χ0) is 13.2. The lowest BCUT2D eigenvalue weighted by molar-refractivity contribution is -0.0427. The Hall–Kier alpha value is -0.940. The summed E-state index contributed by atoms with van der Waals surface area (Å²) in [4.78, 5) is 0. The number of nitrogens with one attached hydrogen (secondary N) is 1. The normalized spacial score (nSPS) is 25.6. The van der Waals surface area contributed by atoms with Crippen LogP contribution >= 0.6 is 0 Å². The highest BCUT2D eigenvalue weighted by Crippen LogP contribution is 2.29.